The van der Waals surface area contributed by atoms with Crippen LogP contribution in [0.1, 0.15) is 31.2 Å². The third kappa shape index (κ3) is 5.12. The highest BCUT2D eigenvalue weighted by Gasteiger charge is 2.15. The molecule has 1 heterocycles. The summed E-state index contributed by atoms with van der Waals surface area (Å²) in [5.74, 6) is -0.675. The first-order valence-electron chi connectivity index (χ1n) is 8.07. The minimum atomic E-state index is -0.415. The average molecular weight is 442 g/mol. The Kier molecular flexibility index (Phi) is 6.16. The smallest absolute Gasteiger partial charge is 0.273 e. The van der Waals surface area contributed by atoms with Gasteiger partial charge in [0.15, 0.2) is 0 Å². The second kappa shape index (κ2) is 8.75. The van der Waals surface area contributed by atoms with Crippen LogP contribution in [0.3, 0.4) is 0 Å². The molecule has 2 aromatic carbocycles. The molecule has 27 heavy (non-hydrogen) atoms. The highest BCUT2D eigenvalue weighted by molar-refractivity contribution is 9.10. The van der Waals surface area contributed by atoms with Gasteiger partial charge in [-0.15, -0.1) is 11.3 Å². The second-order valence-corrected chi connectivity index (χ2v) is 7.60. The number of nitrogens with zero attached hydrogens (tertiary/aromatic N) is 1. The number of hydrogen-bond donors (Lipinski definition) is 2. The molecule has 0 aliphatic heterocycles. The molecule has 0 saturated heterocycles. The summed E-state index contributed by atoms with van der Waals surface area (Å²) in [5, 5.41) is 8.61. The normalized spacial score (nSPS) is 10.7. The van der Waals surface area contributed by atoms with Crippen LogP contribution in [0.2, 0.25) is 0 Å². The lowest BCUT2D eigenvalue weighted by Crippen LogP contribution is -2.21. The zero-order valence-electron chi connectivity index (χ0n) is 14.4. The number of carbonyl (C=O) groups is 2. The standard InChI is InChI=1S/C20H16BrN3O2S/c1-13-4-2-5-14(10-13)12-22-24-19(25)16-11-15(21)7-8-17(16)23-20(26)18-6-3-9-27-18/h2-12H,1H3,(H,23,26)(H,24,25). The van der Waals surface area contributed by atoms with Gasteiger partial charge < -0.3 is 5.32 Å². The van der Waals surface area contributed by atoms with Crippen molar-refractivity contribution in [3.8, 4) is 0 Å². The lowest BCUT2D eigenvalue weighted by molar-refractivity contribution is 0.0956. The summed E-state index contributed by atoms with van der Waals surface area (Å²) >= 11 is 4.69. The number of thiophene rings is 1. The number of carbonyl (C=O) groups excluding carboxylic acids is 2. The topological polar surface area (TPSA) is 70.6 Å². The number of rotatable bonds is 5. The molecule has 136 valence electrons. The van der Waals surface area contributed by atoms with Gasteiger partial charge in [0.05, 0.1) is 22.3 Å². The van der Waals surface area contributed by atoms with Gasteiger partial charge in [0.25, 0.3) is 11.8 Å². The molecular weight excluding hydrogens is 426 g/mol. The van der Waals surface area contributed by atoms with E-state index in [9.17, 15) is 9.59 Å². The Morgan fingerprint density at radius 3 is 2.67 bits per heavy atom. The van der Waals surface area contributed by atoms with Gasteiger partial charge in [-0.3, -0.25) is 9.59 Å². The predicted octanol–water partition coefficient (Wildman–Crippen LogP) is 4.84. The van der Waals surface area contributed by atoms with E-state index < -0.39 is 5.91 Å². The molecule has 0 aliphatic rings. The average Bonchev–Trinajstić information content (AvgIpc) is 3.18. The van der Waals surface area contributed by atoms with Crippen molar-refractivity contribution in [1.29, 1.82) is 0 Å². The van der Waals surface area contributed by atoms with Crippen LogP contribution < -0.4 is 10.7 Å². The Hall–Kier alpha value is -2.77. The lowest BCUT2D eigenvalue weighted by atomic mass is 10.1. The molecule has 1 aromatic heterocycles. The van der Waals surface area contributed by atoms with Gasteiger partial charge in [-0.05, 0) is 42.1 Å². The fourth-order valence-corrected chi connectivity index (χ4v) is 3.36. The van der Waals surface area contributed by atoms with Crippen LogP contribution in [0.15, 0.2) is 69.6 Å². The Balaban J connectivity index is 1.75. The van der Waals surface area contributed by atoms with Gasteiger partial charge in [-0.1, -0.05) is 51.8 Å². The molecule has 7 heteroatoms. The molecule has 3 aromatic rings. The lowest BCUT2D eigenvalue weighted by Gasteiger charge is -2.10. The number of hydrazone groups is 1. The summed E-state index contributed by atoms with van der Waals surface area (Å²) in [6, 6.07) is 16.4. The van der Waals surface area contributed by atoms with Crippen molar-refractivity contribution in [2.75, 3.05) is 5.32 Å². The van der Waals surface area contributed by atoms with E-state index in [-0.39, 0.29) is 5.91 Å². The first kappa shape index (κ1) is 19.0. The van der Waals surface area contributed by atoms with Crippen LogP contribution in [0.4, 0.5) is 5.69 Å². The van der Waals surface area contributed by atoms with Gasteiger partial charge in [-0.25, -0.2) is 5.43 Å². The first-order chi connectivity index (χ1) is 13.0. The molecule has 2 amide bonds. The Morgan fingerprint density at radius 2 is 1.93 bits per heavy atom. The molecule has 0 radical (unpaired) electrons. The first-order valence-corrected chi connectivity index (χ1v) is 9.74. The zero-order valence-corrected chi connectivity index (χ0v) is 16.8. The quantitative estimate of drug-likeness (QED) is 0.439. The fraction of sp³-hybridized carbons (Fsp3) is 0.0500. The molecule has 0 saturated carbocycles. The van der Waals surface area contributed by atoms with Crippen molar-refractivity contribution in [3.05, 3.63) is 86.0 Å². The highest BCUT2D eigenvalue weighted by Crippen LogP contribution is 2.22. The predicted molar refractivity (Wildman–Crippen MR) is 113 cm³/mol. The van der Waals surface area contributed by atoms with Crippen molar-refractivity contribution >= 4 is 51.0 Å². The molecule has 2 N–H and O–H groups in total. The maximum absolute atomic E-state index is 12.5. The van der Waals surface area contributed by atoms with E-state index in [4.69, 9.17) is 0 Å². The number of aryl methyl sites for hydroxylation is 1. The van der Waals surface area contributed by atoms with Crippen molar-refractivity contribution in [2.45, 2.75) is 6.92 Å². The molecule has 0 atom stereocenters. The minimum absolute atomic E-state index is 0.260. The molecule has 3 rings (SSSR count). The van der Waals surface area contributed by atoms with Gasteiger partial charge in [-0.2, -0.15) is 5.10 Å². The van der Waals surface area contributed by atoms with Gasteiger partial charge in [0.1, 0.15) is 0 Å². The third-order valence-electron chi connectivity index (χ3n) is 3.64. The molecule has 0 spiro atoms. The van der Waals surface area contributed by atoms with Crippen LogP contribution in [0.5, 0.6) is 0 Å². The van der Waals surface area contributed by atoms with Crippen molar-refractivity contribution in [3.63, 3.8) is 0 Å². The molecule has 0 unspecified atom stereocenters. The SMILES string of the molecule is Cc1cccc(C=NNC(=O)c2cc(Br)ccc2NC(=O)c2cccs2)c1. The summed E-state index contributed by atoms with van der Waals surface area (Å²) in [7, 11) is 0. The van der Waals surface area contributed by atoms with E-state index in [1.54, 1.807) is 36.5 Å². The van der Waals surface area contributed by atoms with E-state index in [0.29, 0.717) is 16.1 Å². The number of hydrogen-bond acceptors (Lipinski definition) is 4. The van der Waals surface area contributed by atoms with E-state index in [0.717, 1.165) is 15.6 Å². The van der Waals surface area contributed by atoms with Gasteiger partial charge in [0.2, 0.25) is 0 Å². The molecule has 5 nitrogen and oxygen atoms in total. The van der Waals surface area contributed by atoms with E-state index in [1.165, 1.54) is 11.3 Å². The van der Waals surface area contributed by atoms with E-state index in [1.807, 2.05) is 36.6 Å². The van der Waals surface area contributed by atoms with E-state index in [2.05, 4.69) is 31.8 Å². The molecule has 0 bridgehead atoms. The monoisotopic (exact) mass is 441 g/mol. The van der Waals surface area contributed by atoms with Crippen LogP contribution in [0.25, 0.3) is 0 Å². The number of anilines is 1. The van der Waals surface area contributed by atoms with Crippen LogP contribution in [0, 0.1) is 6.92 Å². The number of amides is 2. The third-order valence-corrected chi connectivity index (χ3v) is 5.00. The summed E-state index contributed by atoms with van der Waals surface area (Å²) in [6.07, 6.45) is 1.58. The summed E-state index contributed by atoms with van der Waals surface area (Å²) in [4.78, 5) is 25.4. The maximum Gasteiger partial charge on any atom is 0.273 e. The second-order valence-electron chi connectivity index (χ2n) is 5.73. The van der Waals surface area contributed by atoms with E-state index >= 15 is 0 Å². The highest BCUT2D eigenvalue weighted by atomic mass is 79.9. The number of halogens is 1. The fourth-order valence-electron chi connectivity index (χ4n) is 2.38. The summed E-state index contributed by atoms with van der Waals surface area (Å²) < 4.78 is 0.726. The van der Waals surface area contributed by atoms with Crippen molar-refractivity contribution < 1.29 is 9.59 Å². The maximum atomic E-state index is 12.5. The molecular formula is C20H16BrN3O2S. The largest absolute Gasteiger partial charge is 0.321 e. The molecule has 0 aliphatic carbocycles. The summed E-state index contributed by atoms with van der Waals surface area (Å²) in [6.45, 7) is 1.99. The Labute approximate surface area is 169 Å². The summed E-state index contributed by atoms with van der Waals surface area (Å²) in [5.41, 5.74) is 5.23. The Morgan fingerprint density at radius 1 is 1.07 bits per heavy atom. The van der Waals surface area contributed by atoms with Crippen LogP contribution in [-0.4, -0.2) is 18.0 Å². The van der Waals surface area contributed by atoms with Crippen molar-refractivity contribution in [1.82, 2.24) is 5.43 Å². The van der Waals surface area contributed by atoms with Gasteiger partial charge in [0, 0.05) is 4.47 Å². The van der Waals surface area contributed by atoms with Crippen LogP contribution >= 0.6 is 27.3 Å². The zero-order chi connectivity index (χ0) is 19.2. The number of nitrogens with one attached hydrogen (secondary N) is 2. The van der Waals surface area contributed by atoms with Crippen LogP contribution in [-0.2, 0) is 0 Å². The Bertz CT molecular complexity index is 1000. The number of benzene rings is 2. The van der Waals surface area contributed by atoms with Gasteiger partial charge >= 0.3 is 0 Å². The minimum Gasteiger partial charge on any atom is -0.321 e. The molecule has 0 fully saturated rings. The van der Waals surface area contributed by atoms with Crippen molar-refractivity contribution in [2.24, 2.45) is 5.10 Å².